The molecule has 0 aliphatic heterocycles. The van der Waals surface area contributed by atoms with E-state index >= 15 is 0 Å². The van der Waals surface area contributed by atoms with Gasteiger partial charge in [-0.05, 0) is 51.4 Å². The zero-order valence-corrected chi connectivity index (χ0v) is 33.8. The van der Waals surface area contributed by atoms with E-state index in [4.69, 9.17) is 33.2 Å². The van der Waals surface area contributed by atoms with Gasteiger partial charge in [0.25, 0.3) is 0 Å². The molecule has 0 aromatic rings. The Bertz CT molecular complexity index is 680. The first-order chi connectivity index (χ1) is 24.1. The fourth-order valence-corrected chi connectivity index (χ4v) is 5.30. The molecule has 0 radical (unpaired) electrons. The summed E-state index contributed by atoms with van der Waals surface area (Å²) in [6.45, 7) is 20.7. The van der Waals surface area contributed by atoms with Gasteiger partial charge < -0.3 is 33.2 Å². The van der Waals surface area contributed by atoms with Crippen LogP contribution in [0, 0.1) is 0 Å². The van der Waals surface area contributed by atoms with Crippen LogP contribution in [0.5, 0.6) is 0 Å². The molecule has 0 rings (SSSR count). The number of hydrogen-bond acceptors (Lipinski definition) is 7. The smallest absolute Gasteiger partial charge is 0.162 e. The molecule has 0 amide bonds. The van der Waals surface area contributed by atoms with Crippen molar-refractivity contribution >= 4 is 0 Å². The number of hydrogen-bond donors (Lipinski definition) is 0. The van der Waals surface area contributed by atoms with Gasteiger partial charge in [-0.25, -0.2) is 0 Å². The van der Waals surface area contributed by atoms with E-state index in [1.165, 1.54) is 25.7 Å². The highest BCUT2D eigenvalue weighted by Gasteiger charge is 2.25. The molecule has 0 aromatic carbocycles. The Morgan fingerprint density at radius 1 is 0.367 bits per heavy atom. The Hall–Kier alpha value is -1.44. The van der Waals surface area contributed by atoms with E-state index in [9.17, 15) is 0 Å². The van der Waals surface area contributed by atoms with Gasteiger partial charge in [0, 0.05) is 12.8 Å². The van der Waals surface area contributed by atoms with Crippen LogP contribution in [0.4, 0.5) is 0 Å². The first-order valence-electron chi connectivity index (χ1n) is 20.9. The maximum Gasteiger partial charge on any atom is 0.162 e. The van der Waals surface area contributed by atoms with Crippen LogP contribution in [0.15, 0.2) is 23.0 Å². The summed E-state index contributed by atoms with van der Waals surface area (Å²) < 4.78 is 44.9. The monoisotopic (exact) mass is 699 g/mol. The van der Waals surface area contributed by atoms with Gasteiger partial charge in [-0.3, -0.25) is 0 Å². The topological polar surface area (TPSA) is 64.6 Å². The molecule has 0 spiro atoms. The third-order valence-electron chi connectivity index (χ3n) is 8.55. The van der Waals surface area contributed by atoms with Crippen molar-refractivity contribution in [3.8, 4) is 0 Å². The Kier molecular flexibility index (Phi) is 35.3. The van der Waals surface area contributed by atoms with Crippen LogP contribution in [0.1, 0.15) is 197 Å². The normalized spacial score (nSPS) is 13.9. The minimum absolute atomic E-state index is 0.124. The van der Waals surface area contributed by atoms with E-state index in [1.54, 1.807) is 0 Å². The summed E-state index contributed by atoms with van der Waals surface area (Å²) in [5, 5.41) is 0. The quantitative estimate of drug-likeness (QED) is 0.0361. The van der Waals surface area contributed by atoms with Crippen molar-refractivity contribution in [1.29, 1.82) is 0 Å². The molecule has 0 aromatic heterocycles. The standard InChI is InChI=1S/C42H82O7/c1-9-17-25-29-37(44-31-21-13-5)41(46-33-23-15-7)39(27-19-11-3)48-35-43-36-49-40(28-20-12-4)42(47-34-24-16-8)38(30-26-18-10-2)45-32-22-14-6/h39-40H,9-36H2,1-8H3. The van der Waals surface area contributed by atoms with Crippen molar-refractivity contribution in [2.45, 2.75) is 209 Å². The van der Waals surface area contributed by atoms with Gasteiger partial charge in [-0.15, -0.1) is 0 Å². The fourth-order valence-electron chi connectivity index (χ4n) is 5.30. The Morgan fingerprint density at radius 3 is 1.02 bits per heavy atom. The molecule has 0 saturated heterocycles. The second kappa shape index (κ2) is 36.4. The third-order valence-corrected chi connectivity index (χ3v) is 8.55. The first-order valence-corrected chi connectivity index (χ1v) is 20.9. The highest BCUT2D eigenvalue weighted by molar-refractivity contribution is 5.09. The van der Waals surface area contributed by atoms with Gasteiger partial charge in [-0.2, -0.15) is 0 Å². The summed E-state index contributed by atoms with van der Waals surface area (Å²) in [6, 6.07) is 0. The second-order valence-corrected chi connectivity index (χ2v) is 13.3. The molecular formula is C42H82O7. The van der Waals surface area contributed by atoms with E-state index in [-0.39, 0.29) is 25.8 Å². The highest BCUT2D eigenvalue weighted by atomic mass is 16.7. The summed E-state index contributed by atoms with van der Waals surface area (Å²) >= 11 is 0. The van der Waals surface area contributed by atoms with Gasteiger partial charge in [0.2, 0.25) is 0 Å². The van der Waals surface area contributed by atoms with E-state index in [0.29, 0.717) is 26.4 Å². The number of rotatable bonds is 38. The first kappa shape index (κ1) is 47.6. The lowest BCUT2D eigenvalue weighted by Gasteiger charge is -2.26. The van der Waals surface area contributed by atoms with Crippen LogP contribution >= 0.6 is 0 Å². The van der Waals surface area contributed by atoms with Crippen LogP contribution in [0.2, 0.25) is 0 Å². The summed E-state index contributed by atoms with van der Waals surface area (Å²) in [6.07, 6.45) is 22.6. The maximum atomic E-state index is 6.50. The third kappa shape index (κ3) is 25.2. The van der Waals surface area contributed by atoms with Crippen LogP contribution < -0.4 is 0 Å². The minimum atomic E-state index is -0.212. The molecule has 0 fully saturated rings. The molecule has 0 heterocycles. The van der Waals surface area contributed by atoms with Crippen molar-refractivity contribution in [1.82, 2.24) is 0 Å². The highest BCUT2D eigenvalue weighted by Crippen LogP contribution is 2.27. The average Bonchev–Trinajstić information content (AvgIpc) is 3.11. The minimum Gasteiger partial charge on any atom is -0.494 e. The molecule has 0 saturated carbocycles. The van der Waals surface area contributed by atoms with Gasteiger partial charge in [0.1, 0.15) is 23.7 Å². The molecule has 2 atom stereocenters. The molecule has 7 heteroatoms. The predicted molar refractivity (Wildman–Crippen MR) is 205 cm³/mol. The van der Waals surface area contributed by atoms with Gasteiger partial charge >= 0.3 is 0 Å². The Morgan fingerprint density at radius 2 is 0.694 bits per heavy atom. The zero-order valence-electron chi connectivity index (χ0n) is 33.8. The fraction of sp³-hybridized carbons (Fsp3) is 0.905. The van der Waals surface area contributed by atoms with Crippen LogP contribution in [-0.2, 0) is 33.2 Å². The molecule has 0 aliphatic carbocycles. The lowest BCUT2D eigenvalue weighted by Crippen LogP contribution is -2.25. The molecule has 0 aliphatic rings. The SMILES string of the molecule is CCCCCC(OCCCC)=C(OCCCC)C(CCCC)OCOCOC(CCCC)C(OCCCC)=C(CCCCC)OCCCC. The summed E-state index contributed by atoms with van der Waals surface area (Å²) in [5.41, 5.74) is 0. The van der Waals surface area contributed by atoms with E-state index < -0.39 is 0 Å². The molecule has 7 nitrogen and oxygen atoms in total. The summed E-state index contributed by atoms with van der Waals surface area (Å²) in [7, 11) is 0. The molecular weight excluding hydrogens is 616 g/mol. The lowest BCUT2D eigenvalue weighted by atomic mass is 10.1. The van der Waals surface area contributed by atoms with Crippen LogP contribution in [0.25, 0.3) is 0 Å². The number of ether oxygens (including phenoxy) is 7. The second-order valence-electron chi connectivity index (χ2n) is 13.3. The molecule has 49 heavy (non-hydrogen) atoms. The van der Waals surface area contributed by atoms with Crippen LogP contribution in [-0.4, -0.2) is 52.2 Å². The lowest BCUT2D eigenvalue weighted by molar-refractivity contribution is -0.167. The van der Waals surface area contributed by atoms with Gasteiger partial charge in [0.05, 0.1) is 26.4 Å². The molecule has 0 bridgehead atoms. The summed E-state index contributed by atoms with van der Waals surface area (Å²) in [5.74, 6) is 3.67. The number of unbranched alkanes of at least 4 members (excludes halogenated alkanes) is 10. The molecule has 292 valence electrons. The van der Waals surface area contributed by atoms with Crippen molar-refractivity contribution in [2.75, 3.05) is 40.0 Å². The van der Waals surface area contributed by atoms with Crippen molar-refractivity contribution in [2.24, 2.45) is 0 Å². The van der Waals surface area contributed by atoms with E-state index in [2.05, 4.69) is 55.4 Å². The van der Waals surface area contributed by atoms with Gasteiger partial charge in [0.15, 0.2) is 25.1 Å². The van der Waals surface area contributed by atoms with Crippen molar-refractivity contribution in [3.05, 3.63) is 23.0 Å². The molecule has 2 unspecified atom stereocenters. The van der Waals surface area contributed by atoms with E-state index in [1.807, 2.05) is 0 Å². The maximum absolute atomic E-state index is 6.50. The largest absolute Gasteiger partial charge is 0.494 e. The van der Waals surface area contributed by atoms with E-state index in [0.717, 1.165) is 139 Å². The Labute approximate surface area is 304 Å². The number of allylic oxidation sites excluding steroid dienone is 2. The average molecular weight is 699 g/mol. The van der Waals surface area contributed by atoms with Gasteiger partial charge in [-0.1, -0.05) is 132 Å². The predicted octanol–water partition coefficient (Wildman–Crippen LogP) is 12.9. The summed E-state index contributed by atoms with van der Waals surface area (Å²) in [4.78, 5) is 0. The Balaban J connectivity index is 6.02. The van der Waals surface area contributed by atoms with Crippen LogP contribution in [0.3, 0.4) is 0 Å². The molecule has 0 N–H and O–H groups in total. The van der Waals surface area contributed by atoms with Crippen molar-refractivity contribution < 1.29 is 33.2 Å². The van der Waals surface area contributed by atoms with Crippen molar-refractivity contribution in [3.63, 3.8) is 0 Å². The zero-order chi connectivity index (χ0) is 36.2.